The highest BCUT2D eigenvalue weighted by molar-refractivity contribution is 5.70. The molecule has 0 aliphatic heterocycles. The number of hydrogen-bond donors (Lipinski definition) is 2. The molecule has 0 spiro atoms. The van der Waals surface area contributed by atoms with Crippen molar-refractivity contribution in [2.24, 2.45) is 5.92 Å². The zero-order chi connectivity index (χ0) is 13.1. The smallest absolute Gasteiger partial charge is 0.306 e. The van der Waals surface area contributed by atoms with E-state index in [1.54, 1.807) is 0 Å². The molecule has 0 heterocycles. The molecule has 17 heavy (non-hydrogen) atoms. The number of rotatable bonds is 11. The molecule has 5 heteroatoms. The molecule has 0 aliphatic rings. The van der Waals surface area contributed by atoms with E-state index in [2.05, 4.69) is 6.58 Å². The molecule has 0 aromatic rings. The van der Waals surface area contributed by atoms with E-state index < -0.39 is 17.9 Å². The van der Waals surface area contributed by atoms with Crippen molar-refractivity contribution in [2.45, 2.75) is 38.5 Å². The first-order valence-electron chi connectivity index (χ1n) is 5.75. The number of ether oxygens (including phenoxy) is 1. The monoisotopic (exact) mass is 244 g/mol. The van der Waals surface area contributed by atoms with Crippen LogP contribution in [-0.2, 0) is 14.3 Å². The molecule has 0 aromatic heterocycles. The lowest BCUT2D eigenvalue weighted by Gasteiger charge is -2.11. The number of carboxylic acid groups (broad SMARTS) is 2. The summed E-state index contributed by atoms with van der Waals surface area (Å²) in [6.45, 7) is 3.95. The molecule has 0 fully saturated rings. The quantitative estimate of drug-likeness (QED) is 0.430. The zero-order valence-electron chi connectivity index (χ0n) is 9.93. The summed E-state index contributed by atoms with van der Waals surface area (Å²) in [7, 11) is 0. The Morgan fingerprint density at radius 1 is 1.18 bits per heavy atom. The van der Waals surface area contributed by atoms with Gasteiger partial charge in [-0.25, -0.2) is 0 Å². The molecule has 0 saturated heterocycles. The van der Waals surface area contributed by atoms with Gasteiger partial charge in [-0.1, -0.05) is 6.58 Å². The standard InChI is InChI=1S/C12H20O5/c1-2-17-9-4-3-6-10(12(15)16)7-5-8-11(13)14/h2,10H,1,3-9H2,(H,13,14)(H,15,16). The predicted octanol–water partition coefficient (Wildman–Crippen LogP) is 2.27. The fourth-order valence-electron chi connectivity index (χ4n) is 1.55. The molecule has 0 aliphatic carbocycles. The maximum atomic E-state index is 10.9. The minimum absolute atomic E-state index is 0.0311. The van der Waals surface area contributed by atoms with Crippen molar-refractivity contribution in [3.05, 3.63) is 12.8 Å². The van der Waals surface area contributed by atoms with Crippen LogP contribution in [0.15, 0.2) is 12.8 Å². The van der Waals surface area contributed by atoms with E-state index in [-0.39, 0.29) is 6.42 Å². The molecule has 0 rings (SSSR count). The Bertz CT molecular complexity index is 249. The van der Waals surface area contributed by atoms with E-state index in [1.807, 2.05) is 0 Å². The van der Waals surface area contributed by atoms with Crippen LogP contribution in [0.3, 0.4) is 0 Å². The lowest BCUT2D eigenvalue weighted by Crippen LogP contribution is -2.14. The lowest BCUT2D eigenvalue weighted by atomic mass is 9.96. The number of carboxylic acids is 2. The summed E-state index contributed by atoms with van der Waals surface area (Å²) in [6.07, 6.45) is 4.34. The van der Waals surface area contributed by atoms with Crippen LogP contribution < -0.4 is 0 Å². The first kappa shape index (κ1) is 15.5. The Morgan fingerprint density at radius 3 is 2.35 bits per heavy atom. The lowest BCUT2D eigenvalue weighted by molar-refractivity contribution is -0.143. The maximum absolute atomic E-state index is 10.9. The van der Waals surface area contributed by atoms with Crippen LogP contribution >= 0.6 is 0 Å². The third-order valence-corrected chi connectivity index (χ3v) is 2.48. The van der Waals surface area contributed by atoms with Gasteiger partial charge in [-0.15, -0.1) is 0 Å². The van der Waals surface area contributed by atoms with Gasteiger partial charge in [0.05, 0.1) is 18.8 Å². The predicted molar refractivity (Wildman–Crippen MR) is 62.6 cm³/mol. The molecule has 1 atom stereocenters. The SMILES string of the molecule is C=COCCCCC(CCCC(=O)O)C(=O)O. The van der Waals surface area contributed by atoms with Gasteiger partial charge >= 0.3 is 11.9 Å². The van der Waals surface area contributed by atoms with Gasteiger partial charge < -0.3 is 14.9 Å². The van der Waals surface area contributed by atoms with Crippen LogP contribution in [0.1, 0.15) is 38.5 Å². The molecule has 2 N–H and O–H groups in total. The molecule has 5 nitrogen and oxygen atoms in total. The second kappa shape index (κ2) is 9.69. The maximum Gasteiger partial charge on any atom is 0.306 e. The van der Waals surface area contributed by atoms with E-state index in [1.165, 1.54) is 6.26 Å². The molecular formula is C12H20O5. The van der Waals surface area contributed by atoms with Crippen molar-refractivity contribution in [2.75, 3.05) is 6.61 Å². The third-order valence-electron chi connectivity index (χ3n) is 2.48. The van der Waals surface area contributed by atoms with Crippen LogP contribution in [0.5, 0.6) is 0 Å². The van der Waals surface area contributed by atoms with E-state index in [9.17, 15) is 9.59 Å². The van der Waals surface area contributed by atoms with Crippen molar-refractivity contribution >= 4 is 11.9 Å². The molecule has 98 valence electrons. The van der Waals surface area contributed by atoms with Gasteiger partial charge in [0.15, 0.2) is 0 Å². The first-order valence-corrected chi connectivity index (χ1v) is 5.75. The van der Waals surface area contributed by atoms with E-state index in [0.29, 0.717) is 25.9 Å². The highest BCUT2D eigenvalue weighted by atomic mass is 16.5. The molecule has 0 aromatic carbocycles. The average molecular weight is 244 g/mol. The Kier molecular flexibility index (Phi) is 8.82. The summed E-state index contributed by atoms with van der Waals surface area (Å²) < 4.78 is 4.93. The van der Waals surface area contributed by atoms with Crippen molar-refractivity contribution in [3.8, 4) is 0 Å². The highest BCUT2D eigenvalue weighted by Gasteiger charge is 2.16. The summed E-state index contributed by atoms with van der Waals surface area (Å²) in [5.41, 5.74) is 0. The van der Waals surface area contributed by atoms with Crippen LogP contribution in [0.25, 0.3) is 0 Å². The van der Waals surface area contributed by atoms with Gasteiger partial charge in [0.1, 0.15) is 0 Å². The summed E-state index contributed by atoms with van der Waals surface area (Å²) in [6, 6.07) is 0. The molecular weight excluding hydrogens is 224 g/mol. The minimum Gasteiger partial charge on any atom is -0.502 e. The third kappa shape index (κ3) is 9.41. The van der Waals surface area contributed by atoms with Gasteiger partial charge in [-0.2, -0.15) is 0 Å². The summed E-state index contributed by atoms with van der Waals surface area (Å²) in [5, 5.41) is 17.4. The summed E-state index contributed by atoms with van der Waals surface area (Å²) >= 11 is 0. The van der Waals surface area contributed by atoms with Crippen LogP contribution in [-0.4, -0.2) is 28.8 Å². The molecule has 0 amide bonds. The highest BCUT2D eigenvalue weighted by Crippen LogP contribution is 2.16. The average Bonchev–Trinajstić information content (AvgIpc) is 2.25. The fourth-order valence-corrected chi connectivity index (χ4v) is 1.55. The number of aliphatic carboxylic acids is 2. The van der Waals surface area contributed by atoms with Gasteiger partial charge in [0.25, 0.3) is 0 Å². The number of hydrogen-bond acceptors (Lipinski definition) is 3. The molecule has 1 unspecified atom stereocenters. The Labute approximate surface area is 101 Å². The van der Waals surface area contributed by atoms with Crippen LogP contribution in [0, 0.1) is 5.92 Å². The Morgan fingerprint density at radius 2 is 1.82 bits per heavy atom. The second-order valence-electron chi connectivity index (χ2n) is 3.85. The zero-order valence-corrected chi connectivity index (χ0v) is 9.93. The largest absolute Gasteiger partial charge is 0.502 e. The van der Waals surface area contributed by atoms with E-state index in [4.69, 9.17) is 14.9 Å². The topological polar surface area (TPSA) is 83.8 Å². The Hall–Kier alpha value is -1.52. The minimum atomic E-state index is -0.881. The van der Waals surface area contributed by atoms with Gasteiger partial charge in [-0.3, -0.25) is 9.59 Å². The number of unbranched alkanes of at least 4 members (excludes halogenated alkanes) is 1. The summed E-state index contributed by atoms with van der Waals surface area (Å²) in [4.78, 5) is 21.2. The number of carbonyl (C=O) groups is 2. The summed E-state index contributed by atoms with van der Waals surface area (Å²) in [5.74, 6) is -2.17. The van der Waals surface area contributed by atoms with Crippen LogP contribution in [0.2, 0.25) is 0 Å². The van der Waals surface area contributed by atoms with Crippen LogP contribution in [0.4, 0.5) is 0 Å². The first-order chi connectivity index (χ1) is 8.07. The van der Waals surface area contributed by atoms with E-state index >= 15 is 0 Å². The normalized spacial score (nSPS) is 11.8. The Balaban J connectivity index is 3.71. The van der Waals surface area contributed by atoms with Gasteiger partial charge in [0, 0.05) is 6.42 Å². The molecule has 0 saturated carbocycles. The van der Waals surface area contributed by atoms with Gasteiger partial charge in [0.2, 0.25) is 0 Å². The van der Waals surface area contributed by atoms with Gasteiger partial charge in [-0.05, 0) is 32.1 Å². The molecule has 0 bridgehead atoms. The van der Waals surface area contributed by atoms with Crippen molar-refractivity contribution in [1.82, 2.24) is 0 Å². The van der Waals surface area contributed by atoms with E-state index in [0.717, 1.165) is 12.8 Å². The second-order valence-corrected chi connectivity index (χ2v) is 3.85. The van der Waals surface area contributed by atoms with Crippen molar-refractivity contribution < 1.29 is 24.5 Å². The van der Waals surface area contributed by atoms with Crippen molar-refractivity contribution in [1.29, 1.82) is 0 Å². The molecule has 0 radical (unpaired) electrons. The fraction of sp³-hybridized carbons (Fsp3) is 0.667. The van der Waals surface area contributed by atoms with Crippen molar-refractivity contribution in [3.63, 3.8) is 0 Å².